The van der Waals surface area contributed by atoms with Crippen molar-refractivity contribution in [2.45, 2.75) is 52.1 Å². The minimum absolute atomic E-state index is 0.156. The quantitative estimate of drug-likeness (QED) is 0.913. The molecular weight excluding hydrogens is 263 g/mol. The average Bonchev–Trinajstić information content (AvgIpc) is 2.76. The van der Waals surface area contributed by atoms with Gasteiger partial charge in [0.25, 0.3) is 0 Å². The van der Waals surface area contributed by atoms with Crippen LogP contribution < -0.4 is 5.73 Å². The van der Waals surface area contributed by atoms with Crippen LogP contribution >= 0.6 is 0 Å². The minimum Gasteiger partial charge on any atom is -0.348 e. The fourth-order valence-corrected chi connectivity index (χ4v) is 3.48. The lowest BCUT2D eigenvalue weighted by Gasteiger charge is -2.21. The SMILES string of the molecule is Cc1cc(F)ccc1CCn1c(C)cc2c1CCCC2N. The number of nitrogens with zero attached hydrogens (tertiary/aromatic N) is 1. The summed E-state index contributed by atoms with van der Waals surface area (Å²) >= 11 is 0. The molecule has 2 N–H and O–H groups in total. The van der Waals surface area contributed by atoms with E-state index >= 15 is 0 Å². The van der Waals surface area contributed by atoms with E-state index in [4.69, 9.17) is 5.73 Å². The third kappa shape index (κ3) is 2.75. The van der Waals surface area contributed by atoms with Crippen LogP contribution in [0.5, 0.6) is 0 Å². The van der Waals surface area contributed by atoms with E-state index in [1.807, 2.05) is 13.0 Å². The molecule has 0 saturated heterocycles. The Morgan fingerprint density at radius 2 is 2.10 bits per heavy atom. The molecule has 2 nitrogen and oxygen atoms in total. The van der Waals surface area contributed by atoms with Crippen LogP contribution in [0.1, 0.15) is 47.0 Å². The van der Waals surface area contributed by atoms with Gasteiger partial charge in [-0.05, 0) is 74.4 Å². The minimum atomic E-state index is -0.156. The van der Waals surface area contributed by atoms with E-state index in [2.05, 4.69) is 17.6 Å². The standard InChI is InChI=1S/C18H23FN2/c1-12-10-15(19)7-6-14(12)8-9-21-13(2)11-16-17(20)4-3-5-18(16)21/h6-7,10-11,17H,3-5,8-9,20H2,1-2H3. The summed E-state index contributed by atoms with van der Waals surface area (Å²) < 4.78 is 15.6. The summed E-state index contributed by atoms with van der Waals surface area (Å²) in [5.74, 6) is -0.156. The molecule has 21 heavy (non-hydrogen) atoms. The fraction of sp³-hybridized carbons (Fsp3) is 0.444. The predicted octanol–water partition coefficient (Wildman–Crippen LogP) is 3.82. The number of hydrogen-bond acceptors (Lipinski definition) is 1. The van der Waals surface area contributed by atoms with E-state index < -0.39 is 0 Å². The monoisotopic (exact) mass is 286 g/mol. The Hall–Kier alpha value is -1.61. The molecule has 2 aromatic rings. The number of aromatic nitrogens is 1. The van der Waals surface area contributed by atoms with Gasteiger partial charge in [0.15, 0.2) is 0 Å². The molecule has 1 aliphatic rings. The molecule has 0 radical (unpaired) electrons. The van der Waals surface area contributed by atoms with Gasteiger partial charge in [0.2, 0.25) is 0 Å². The van der Waals surface area contributed by atoms with Crippen LogP contribution in [0, 0.1) is 19.7 Å². The molecule has 112 valence electrons. The van der Waals surface area contributed by atoms with Crippen molar-refractivity contribution in [2.75, 3.05) is 0 Å². The van der Waals surface area contributed by atoms with Crippen LogP contribution in [0.3, 0.4) is 0 Å². The molecule has 0 bridgehead atoms. The normalized spacial score (nSPS) is 17.8. The molecule has 0 amide bonds. The van der Waals surface area contributed by atoms with Gasteiger partial charge in [-0.25, -0.2) is 4.39 Å². The molecule has 1 aromatic heterocycles. The second-order valence-corrected chi connectivity index (χ2v) is 6.16. The fourth-order valence-electron chi connectivity index (χ4n) is 3.48. The summed E-state index contributed by atoms with van der Waals surface area (Å²) in [6.45, 7) is 5.08. The summed E-state index contributed by atoms with van der Waals surface area (Å²) in [6, 6.07) is 7.51. The molecule has 1 aliphatic carbocycles. The van der Waals surface area contributed by atoms with Crippen molar-refractivity contribution in [3.63, 3.8) is 0 Å². The van der Waals surface area contributed by atoms with Crippen LogP contribution in [0.15, 0.2) is 24.3 Å². The lowest BCUT2D eigenvalue weighted by Crippen LogP contribution is -2.18. The zero-order valence-corrected chi connectivity index (χ0v) is 12.8. The number of nitrogens with two attached hydrogens (primary N) is 1. The first-order chi connectivity index (χ1) is 10.1. The topological polar surface area (TPSA) is 30.9 Å². The van der Waals surface area contributed by atoms with Crippen LogP contribution in [0.25, 0.3) is 0 Å². The Morgan fingerprint density at radius 1 is 1.29 bits per heavy atom. The van der Waals surface area contributed by atoms with E-state index in [0.717, 1.165) is 31.4 Å². The van der Waals surface area contributed by atoms with E-state index in [1.165, 1.54) is 28.9 Å². The Bertz CT molecular complexity index is 657. The van der Waals surface area contributed by atoms with Crippen molar-refractivity contribution in [2.24, 2.45) is 5.73 Å². The number of fused-ring (bicyclic) bond motifs is 1. The van der Waals surface area contributed by atoms with Crippen molar-refractivity contribution in [3.05, 3.63) is 58.2 Å². The number of rotatable bonds is 3. The molecule has 0 fully saturated rings. The summed E-state index contributed by atoms with van der Waals surface area (Å²) in [4.78, 5) is 0. The lowest BCUT2D eigenvalue weighted by atomic mass is 9.93. The number of aryl methyl sites for hydroxylation is 3. The Kier molecular flexibility index (Phi) is 3.85. The number of benzene rings is 1. The van der Waals surface area contributed by atoms with Gasteiger partial charge >= 0.3 is 0 Å². The highest BCUT2D eigenvalue weighted by atomic mass is 19.1. The predicted molar refractivity (Wildman–Crippen MR) is 83.9 cm³/mol. The Labute approximate surface area is 125 Å². The maximum atomic E-state index is 13.2. The molecule has 1 heterocycles. The van der Waals surface area contributed by atoms with E-state index in [-0.39, 0.29) is 11.9 Å². The first-order valence-corrected chi connectivity index (χ1v) is 7.76. The lowest BCUT2D eigenvalue weighted by molar-refractivity contribution is 0.536. The molecule has 3 rings (SSSR count). The van der Waals surface area contributed by atoms with E-state index in [1.54, 1.807) is 12.1 Å². The van der Waals surface area contributed by atoms with Gasteiger partial charge in [-0.15, -0.1) is 0 Å². The van der Waals surface area contributed by atoms with Gasteiger partial charge < -0.3 is 10.3 Å². The largest absolute Gasteiger partial charge is 0.348 e. The van der Waals surface area contributed by atoms with Crippen molar-refractivity contribution >= 4 is 0 Å². The van der Waals surface area contributed by atoms with Gasteiger partial charge in [-0.2, -0.15) is 0 Å². The molecule has 0 spiro atoms. The summed E-state index contributed by atoms with van der Waals surface area (Å²) in [7, 11) is 0. The first-order valence-electron chi connectivity index (χ1n) is 7.76. The van der Waals surface area contributed by atoms with Crippen molar-refractivity contribution in [1.82, 2.24) is 4.57 Å². The van der Waals surface area contributed by atoms with Crippen molar-refractivity contribution < 1.29 is 4.39 Å². The molecule has 0 saturated carbocycles. The second kappa shape index (κ2) is 5.64. The number of hydrogen-bond donors (Lipinski definition) is 1. The van der Waals surface area contributed by atoms with Gasteiger partial charge in [-0.1, -0.05) is 6.07 Å². The second-order valence-electron chi connectivity index (χ2n) is 6.16. The van der Waals surface area contributed by atoms with Gasteiger partial charge in [0, 0.05) is 24.0 Å². The molecule has 1 aromatic carbocycles. The molecule has 0 aliphatic heterocycles. The Balaban J connectivity index is 1.82. The van der Waals surface area contributed by atoms with Crippen LogP contribution in [-0.2, 0) is 19.4 Å². The highest BCUT2D eigenvalue weighted by Crippen LogP contribution is 2.31. The van der Waals surface area contributed by atoms with E-state index in [0.29, 0.717) is 0 Å². The zero-order chi connectivity index (χ0) is 15.0. The first kappa shape index (κ1) is 14.3. The Morgan fingerprint density at radius 3 is 2.86 bits per heavy atom. The van der Waals surface area contributed by atoms with Crippen LogP contribution in [0.4, 0.5) is 4.39 Å². The third-order valence-corrected chi connectivity index (χ3v) is 4.69. The average molecular weight is 286 g/mol. The summed E-state index contributed by atoms with van der Waals surface area (Å²) in [5.41, 5.74) is 12.5. The molecule has 3 heteroatoms. The number of halogens is 1. The third-order valence-electron chi connectivity index (χ3n) is 4.69. The summed E-state index contributed by atoms with van der Waals surface area (Å²) in [6.07, 6.45) is 4.32. The van der Waals surface area contributed by atoms with Crippen LogP contribution in [-0.4, -0.2) is 4.57 Å². The van der Waals surface area contributed by atoms with Gasteiger partial charge in [-0.3, -0.25) is 0 Å². The van der Waals surface area contributed by atoms with E-state index in [9.17, 15) is 4.39 Å². The highest BCUT2D eigenvalue weighted by molar-refractivity contribution is 5.33. The van der Waals surface area contributed by atoms with Gasteiger partial charge in [0.05, 0.1) is 0 Å². The van der Waals surface area contributed by atoms with Crippen LogP contribution in [0.2, 0.25) is 0 Å². The molecule has 1 atom stereocenters. The maximum Gasteiger partial charge on any atom is 0.123 e. The molecule has 1 unspecified atom stereocenters. The smallest absolute Gasteiger partial charge is 0.123 e. The van der Waals surface area contributed by atoms with Gasteiger partial charge in [0.1, 0.15) is 5.82 Å². The highest BCUT2D eigenvalue weighted by Gasteiger charge is 2.21. The van der Waals surface area contributed by atoms with Crippen molar-refractivity contribution in [1.29, 1.82) is 0 Å². The maximum absolute atomic E-state index is 13.2. The van der Waals surface area contributed by atoms with Crippen molar-refractivity contribution in [3.8, 4) is 0 Å². The summed E-state index contributed by atoms with van der Waals surface area (Å²) in [5, 5.41) is 0. The zero-order valence-electron chi connectivity index (χ0n) is 12.8. The molecular formula is C18H23FN2.